The van der Waals surface area contributed by atoms with Crippen LogP contribution in [0.2, 0.25) is 5.02 Å². The number of hydrogen-bond donors (Lipinski definition) is 0. The number of ether oxygens (including phenoxy) is 1. The fraction of sp³-hybridized carbons (Fsp3) is 0.0833. The van der Waals surface area contributed by atoms with Gasteiger partial charge in [-0.3, -0.25) is 4.98 Å². The van der Waals surface area contributed by atoms with Crippen LogP contribution in [0, 0.1) is 6.92 Å². The molecule has 0 saturated heterocycles. The molecular formula is C24H18ClN3O. The van der Waals surface area contributed by atoms with Crippen LogP contribution in [0.25, 0.3) is 38.8 Å². The van der Waals surface area contributed by atoms with Gasteiger partial charge in [0.05, 0.1) is 23.8 Å². The highest BCUT2D eigenvalue weighted by Gasteiger charge is 2.17. The first-order chi connectivity index (χ1) is 14.1. The van der Waals surface area contributed by atoms with Gasteiger partial charge in [-0.1, -0.05) is 41.4 Å². The molecule has 0 amide bonds. The molecule has 0 spiro atoms. The van der Waals surface area contributed by atoms with E-state index in [1.807, 2.05) is 53.3 Å². The molecule has 0 bridgehead atoms. The van der Waals surface area contributed by atoms with Gasteiger partial charge >= 0.3 is 0 Å². The highest BCUT2D eigenvalue weighted by atomic mass is 35.5. The predicted molar refractivity (Wildman–Crippen MR) is 118 cm³/mol. The Morgan fingerprint density at radius 3 is 2.38 bits per heavy atom. The molecule has 5 heteroatoms. The molecule has 0 radical (unpaired) electrons. The van der Waals surface area contributed by atoms with E-state index in [4.69, 9.17) is 21.4 Å². The molecule has 0 unspecified atom stereocenters. The molecule has 4 nitrogen and oxygen atoms in total. The van der Waals surface area contributed by atoms with Crippen LogP contribution in [0.4, 0.5) is 0 Å². The zero-order valence-corrected chi connectivity index (χ0v) is 16.8. The summed E-state index contributed by atoms with van der Waals surface area (Å²) in [6.45, 7) is 2.08. The summed E-state index contributed by atoms with van der Waals surface area (Å²) in [5.74, 6) is 0.804. The maximum Gasteiger partial charge on any atom is 0.119 e. The van der Waals surface area contributed by atoms with Crippen molar-refractivity contribution in [3.05, 3.63) is 83.5 Å². The van der Waals surface area contributed by atoms with E-state index in [9.17, 15) is 0 Å². The minimum atomic E-state index is 0.672. The second-order valence-electron chi connectivity index (χ2n) is 7.01. The van der Waals surface area contributed by atoms with E-state index in [-0.39, 0.29) is 0 Å². The highest BCUT2D eigenvalue weighted by Crippen LogP contribution is 2.35. The third kappa shape index (κ3) is 3.02. The summed E-state index contributed by atoms with van der Waals surface area (Å²) in [5.41, 5.74) is 5.97. The molecule has 2 aromatic heterocycles. The Morgan fingerprint density at radius 2 is 1.66 bits per heavy atom. The second kappa shape index (κ2) is 6.90. The van der Waals surface area contributed by atoms with Gasteiger partial charge in [0.2, 0.25) is 0 Å². The van der Waals surface area contributed by atoms with Gasteiger partial charge in [-0.25, -0.2) is 4.68 Å². The van der Waals surface area contributed by atoms with Gasteiger partial charge in [0.1, 0.15) is 11.4 Å². The number of aryl methyl sites for hydroxylation is 1. The van der Waals surface area contributed by atoms with Crippen molar-refractivity contribution < 1.29 is 4.74 Å². The summed E-state index contributed by atoms with van der Waals surface area (Å²) in [5, 5.41) is 7.61. The molecule has 2 heterocycles. The van der Waals surface area contributed by atoms with Crippen LogP contribution >= 0.6 is 11.6 Å². The maximum atomic E-state index is 6.32. The number of pyridine rings is 1. The molecule has 5 rings (SSSR count). The number of halogens is 1. The average Bonchev–Trinajstić information content (AvgIpc) is 3.14. The lowest BCUT2D eigenvalue weighted by molar-refractivity contribution is 0.414. The summed E-state index contributed by atoms with van der Waals surface area (Å²) in [7, 11) is 1.66. The van der Waals surface area contributed by atoms with Gasteiger partial charge in [0.15, 0.2) is 0 Å². The number of fused-ring (bicyclic) bond motifs is 3. The fourth-order valence-electron chi connectivity index (χ4n) is 3.59. The first-order valence-electron chi connectivity index (χ1n) is 9.32. The van der Waals surface area contributed by atoms with Crippen LogP contribution in [-0.2, 0) is 0 Å². The molecule has 0 aliphatic carbocycles. The Morgan fingerprint density at radius 1 is 0.897 bits per heavy atom. The van der Waals surface area contributed by atoms with E-state index in [1.54, 1.807) is 7.11 Å². The Labute approximate surface area is 173 Å². The zero-order valence-electron chi connectivity index (χ0n) is 16.1. The lowest BCUT2D eigenvalue weighted by atomic mass is 10.1. The summed E-state index contributed by atoms with van der Waals surface area (Å²) >= 11 is 6.32. The molecule has 3 aromatic carbocycles. The quantitative estimate of drug-likeness (QED) is 0.362. The number of aromatic nitrogens is 3. The molecule has 142 valence electrons. The minimum absolute atomic E-state index is 0.672. The van der Waals surface area contributed by atoms with Crippen molar-refractivity contribution in [3.8, 4) is 22.7 Å². The molecule has 0 saturated carbocycles. The lowest BCUT2D eigenvalue weighted by Gasteiger charge is -2.07. The average molecular weight is 400 g/mol. The highest BCUT2D eigenvalue weighted by molar-refractivity contribution is 6.31. The van der Waals surface area contributed by atoms with Crippen molar-refractivity contribution in [2.24, 2.45) is 0 Å². The Bertz CT molecular complexity index is 1340. The lowest BCUT2D eigenvalue weighted by Crippen LogP contribution is -1.97. The molecule has 0 N–H and O–H groups in total. The first-order valence-corrected chi connectivity index (χ1v) is 9.70. The van der Waals surface area contributed by atoms with Crippen molar-refractivity contribution in [1.82, 2.24) is 14.8 Å². The zero-order chi connectivity index (χ0) is 20.0. The summed E-state index contributed by atoms with van der Waals surface area (Å²) in [4.78, 5) is 4.66. The second-order valence-corrected chi connectivity index (χ2v) is 7.44. The van der Waals surface area contributed by atoms with Crippen LogP contribution in [0.3, 0.4) is 0 Å². The van der Waals surface area contributed by atoms with Gasteiger partial charge < -0.3 is 4.74 Å². The standard InChI is InChI=1S/C24H18ClN3O/c1-15-3-5-16(6-4-15)23-21-14-26-22-12-7-17(25)13-20(22)24(21)28(27-23)18-8-10-19(29-2)11-9-18/h3-14H,1-2H3. The third-order valence-corrected chi connectivity index (χ3v) is 5.35. The van der Waals surface area contributed by atoms with Crippen LogP contribution in [-0.4, -0.2) is 21.9 Å². The number of nitrogens with zero attached hydrogens (tertiary/aromatic N) is 3. The SMILES string of the molecule is COc1ccc(-n2nc(-c3ccc(C)cc3)c3cnc4ccc(Cl)cc4c32)cc1. The smallest absolute Gasteiger partial charge is 0.119 e. The van der Waals surface area contributed by atoms with Crippen molar-refractivity contribution in [3.63, 3.8) is 0 Å². The summed E-state index contributed by atoms with van der Waals surface area (Å²) in [6.07, 6.45) is 1.90. The van der Waals surface area contributed by atoms with E-state index in [0.717, 1.165) is 44.5 Å². The number of rotatable bonds is 3. The van der Waals surface area contributed by atoms with E-state index in [0.29, 0.717) is 5.02 Å². The maximum absolute atomic E-state index is 6.32. The van der Waals surface area contributed by atoms with Gasteiger partial charge in [-0.05, 0) is 49.4 Å². The number of benzene rings is 3. The Hall–Kier alpha value is -3.37. The molecule has 0 fully saturated rings. The monoisotopic (exact) mass is 399 g/mol. The van der Waals surface area contributed by atoms with Crippen LogP contribution in [0.5, 0.6) is 5.75 Å². The summed E-state index contributed by atoms with van der Waals surface area (Å²) < 4.78 is 7.27. The Kier molecular flexibility index (Phi) is 4.22. The number of hydrogen-bond acceptors (Lipinski definition) is 3. The summed E-state index contributed by atoms with van der Waals surface area (Å²) in [6, 6.07) is 22.0. The fourth-order valence-corrected chi connectivity index (χ4v) is 3.76. The van der Waals surface area contributed by atoms with E-state index >= 15 is 0 Å². The van der Waals surface area contributed by atoms with Gasteiger partial charge in [-0.2, -0.15) is 5.10 Å². The predicted octanol–water partition coefficient (Wildman–Crippen LogP) is 6.21. The van der Waals surface area contributed by atoms with Crippen molar-refractivity contribution in [1.29, 1.82) is 0 Å². The topological polar surface area (TPSA) is 39.9 Å². The van der Waals surface area contributed by atoms with Crippen LogP contribution in [0.1, 0.15) is 5.56 Å². The van der Waals surface area contributed by atoms with Gasteiger partial charge in [0.25, 0.3) is 0 Å². The Balaban J connectivity index is 1.86. The van der Waals surface area contributed by atoms with Gasteiger partial charge in [0, 0.05) is 27.6 Å². The van der Waals surface area contributed by atoms with Crippen molar-refractivity contribution >= 4 is 33.4 Å². The molecule has 5 aromatic rings. The molecule has 0 atom stereocenters. The molecule has 0 aliphatic heterocycles. The minimum Gasteiger partial charge on any atom is -0.497 e. The van der Waals surface area contributed by atoms with Crippen molar-refractivity contribution in [2.45, 2.75) is 6.92 Å². The molecule has 29 heavy (non-hydrogen) atoms. The van der Waals surface area contributed by atoms with Crippen molar-refractivity contribution in [2.75, 3.05) is 7.11 Å². The third-order valence-electron chi connectivity index (χ3n) is 5.11. The largest absolute Gasteiger partial charge is 0.497 e. The van der Waals surface area contributed by atoms with Crippen LogP contribution < -0.4 is 4.74 Å². The normalized spacial score (nSPS) is 11.3. The molecule has 0 aliphatic rings. The first kappa shape index (κ1) is 17.7. The van der Waals surface area contributed by atoms with E-state index in [2.05, 4.69) is 36.2 Å². The van der Waals surface area contributed by atoms with E-state index < -0.39 is 0 Å². The van der Waals surface area contributed by atoms with Gasteiger partial charge in [-0.15, -0.1) is 0 Å². The number of methoxy groups -OCH3 is 1. The molecular weight excluding hydrogens is 382 g/mol. The van der Waals surface area contributed by atoms with Crippen LogP contribution in [0.15, 0.2) is 72.9 Å². The van der Waals surface area contributed by atoms with E-state index in [1.165, 1.54) is 5.56 Å².